The molecule has 0 bridgehead atoms. The van der Waals surface area contributed by atoms with Crippen LogP contribution in [0.25, 0.3) is 0 Å². The minimum absolute atomic E-state index is 0.00969. The van der Waals surface area contributed by atoms with E-state index < -0.39 is 17.6 Å². The predicted octanol–water partition coefficient (Wildman–Crippen LogP) is 2.37. The molecule has 4 amide bonds. The molecule has 3 saturated heterocycles. The standard InChI is InChI=1S/C28H40FN5O5/c1-28(2,3)39-27(38)30-20-8-12-34(13-9-20)25(36)10-11-32-14-16-33(17-15-32)23-6-4-19(18-22(23)29)21-5-7-24(35)31-26(21)37/h4,6,18,20-21H,5,7-17H2,1-3H3,(H,30,38)(H,31,35,37). The molecule has 0 saturated carbocycles. The molecule has 0 aliphatic carbocycles. The number of halogens is 1. The van der Waals surface area contributed by atoms with Crippen molar-refractivity contribution in [3.63, 3.8) is 0 Å². The molecule has 1 atom stereocenters. The van der Waals surface area contributed by atoms with Crippen LogP contribution in [0.2, 0.25) is 0 Å². The highest BCUT2D eigenvalue weighted by Crippen LogP contribution is 2.29. The summed E-state index contributed by atoms with van der Waals surface area (Å²) in [6.07, 6.45) is 2.07. The van der Waals surface area contributed by atoms with Gasteiger partial charge in [-0.25, -0.2) is 9.18 Å². The number of alkyl carbamates (subject to hydrolysis) is 1. The van der Waals surface area contributed by atoms with E-state index in [4.69, 9.17) is 4.74 Å². The predicted molar refractivity (Wildman–Crippen MR) is 144 cm³/mol. The first-order valence-electron chi connectivity index (χ1n) is 13.9. The van der Waals surface area contributed by atoms with Crippen molar-refractivity contribution in [2.24, 2.45) is 0 Å². The second-order valence-electron chi connectivity index (χ2n) is 11.6. The van der Waals surface area contributed by atoms with E-state index in [2.05, 4.69) is 15.5 Å². The van der Waals surface area contributed by atoms with Crippen LogP contribution in [0, 0.1) is 5.82 Å². The van der Waals surface area contributed by atoms with Crippen LogP contribution in [0.15, 0.2) is 18.2 Å². The van der Waals surface area contributed by atoms with Crippen molar-refractivity contribution in [3.8, 4) is 0 Å². The first kappa shape index (κ1) is 28.8. The van der Waals surface area contributed by atoms with Crippen molar-refractivity contribution in [1.29, 1.82) is 0 Å². The number of nitrogens with zero attached hydrogens (tertiary/aromatic N) is 3. The van der Waals surface area contributed by atoms with Gasteiger partial charge in [0.05, 0.1) is 11.6 Å². The SMILES string of the molecule is CC(C)(C)OC(=O)NC1CCN(C(=O)CCN2CCN(c3ccc(C4CCC(=O)NC4=O)cc3F)CC2)CC1. The zero-order chi connectivity index (χ0) is 28.2. The fourth-order valence-electron chi connectivity index (χ4n) is 5.38. The van der Waals surface area contributed by atoms with Gasteiger partial charge < -0.3 is 19.9 Å². The molecule has 4 rings (SSSR count). The number of carbonyl (C=O) groups excluding carboxylic acids is 4. The summed E-state index contributed by atoms with van der Waals surface area (Å²) >= 11 is 0. The van der Waals surface area contributed by atoms with Crippen LogP contribution >= 0.6 is 0 Å². The van der Waals surface area contributed by atoms with Crippen LogP contribution < -0.4 is 15.5 Å². The third kappa shape index (κ3) is 7.90. The number of likely N-dealkylation sites (tertiary alicyclic amines) is 1. The van der Waals surface area contributed by atoms with Crippen molar-refractivity contribution in [2.75, 3.05) is 50.7 Å². The van der Waals surface area contributed by atoms with E-state index in [1.807, 2.05) is 30.6 Å². The lowest BCUT2D eigenvalue weighted by Crippen LogP contribution is -2.49. The van der Waals surface area contributed by atoms with Crippen molar-refractivity contribution >= 4 is 29.5 Å². The zero-order valence-corrected chi connectivity index (χ0v) is 23.1. The average molecular weight is 546 g/mol. The number of nitrogens with one attached hydrogen (secondary N) is 2. The number of ether oxygens (including phenoxy) is 1. The van der Waals surface area contributed by atoms with E-state index in [1.165, 1.54) is 6.07 Å². The van der Waals surface area contributed by atoms with Crippen molar-refractivity contribution in [2.45, 2.75) is 70.4 Å². The molecular weight excluding hydrogens is 505 g/mol. The molecule has 214 valence electrons. The maximum atomic E-state index is 15.0. The van der Waals surface area contributed by atoms with Gasteiger partial charge in [0.2, 0.25) is 17.7 Å². The highest BCUT2D eigenvalue weighted by atomic mass is 19.1. The Bertz CT molecular complexity index is 1070. The average Bonchev–Trinajstić information content (AvgIpc) is 2.87. The minimum Gasteiger partial charge on any atom is -0.444 e. The van der Waals surface area contributed by atoms with E-state index in [0.29, 0.717) is 69.7 Å². The van der Waals surface area contributed by atoms with Crippen LogP contribution in [0.3, 0.4) is 0 Å². The van der Waals surface area contributed by atoms with Gasteiger partial charge in [0.15, 0.2) is 0 Å². The molecule has 0 radical (unpaired) electrons. The number of hydrogen-bond donors (Lipinski definition) is 2. The van der Waals surface area contributed by atoms with E-state index in [-0.39, 0.29) is 36.0 Å². The van der Waals surface area contributed by atoms with Crippen molar-refractivity contribution in [3.05, 3.63) is 29.6 Å². The Morgan fingerprint density at radius 1 is 1.05 bits per heavy atom. The zero-order valence-electron chi connectivity index (χ0n) is 23.1. The van der Waals surface area contributed by atoms with Crippen LogP contribution in [-0.4, -0.2) is 91.1 Å². The fraction of sp³-hybridized carbons (Fsp3) is 0.643. The van der Waals surface area contributed by atoms with Crippen LogP contribution in [0.5, 0.6) is 0 Å². The molecule has 1 aromatic carbocycles. The lowest BCUT2D eigenvalue weighted by Gasteiger charge is -2.37. The number of amides is 4. The summed E-state index contributed by atoms with van der Waals surface area (Å²) in [7, 11) is 0. The second kappa shape index (κ2) is 12.3. The minimum atomic E-state index is -0.539. The van der Waals surface area contributed by atoms with Gasteiger partial charge in [0.25, 0.3) is 0 Å². The van der Waals surface area contributed by atoms with Gasteiger partial charge in [-0.15, -0.1) is 0 Å². The third-order valence-corrected chi connectivity index (χ3v) is 7.54. The normalized spacial score (nSPS) is 21.5. The number of imide groups is 1. The quantitative estimate of drug-likeness (QED) is 0.528. The van der Waals surface area contributed by atoms with E-state index in [9.17, 15) is 23.6 Å². The summed E-state index contributed by atoms with van der Waals surface area (Å²) in [4.78, 5) is 54.4. The summed E-state index contributed by atoms with van der Waals surface area (Å²) in [5, 5.41) is 5.22. The highest BCUT2D eigenvalue weighted by molar-refractivity contribution is 6.00. The molecule has 3 heterocycles. The van der Waals surface area contributed by atoms with Crippen LogP contribution in [0.1, 0.15) is 64.4 Å². The van der Waals surface area contributed by atoms with E-state index in [0.717, 1.165) is 13.1 Å². The van der Waals surface area contributed by atoms with Gasteiger partial charge in [-0.2, -0.15) is 0 Å². The van der Waals surface area contributed by atoms with Gasteiger partial charge in [0, 0.05) is 64.7 Å². The van der Waals surface area contributed by atoms with E-state index >= 15 is 0 Å². The van der Waals surface area contributed by atoms with Crippen LogP contribution in [0.4, 0.5) is 14.9 Å². The Morgan fingerprint density at radius 2 is 1.74 bits per heavy atom. The molecule has 10 nitrogen and oxygen atoms in total. The van der Waals surface area contributed by atoms with Gasteiger partial charge in [-0.05, 0) is 57.7 Å². The van der Waals surface area contributed by atoms with Crippen molar-refractivity contribution < 1.29 is 28.3 Å². The molecule has 1 unspecified atom stereocenters. The smallest absolute Gasteiger partial charge is 0.407 e. The molecule has 39 heavy (non-hydrogen) atoms. The Labute approximate surface area is 229 Å². The van der Waals surface area contributed by atoms with Crippen molar-refractivity contribution in [1.82, 2.24) is 20.4 Å². The number of rotatable bonds is 6. The molecular formula is C28H40FN5O5. The van der Waals surface area contributed by atoms with Gasteiger partial charge in [0.1, 0.15) is 11.4 Å². The molecule has 0 aromatic heterocycles. The molecule has 0 spiro atoms. The Kier molecular flexibility index (Phi) is 9.09. The summed E-state index contributed by atoms with van der Waals surface area (Å²) in [6, 6.07) is 4.91. The van der Waals surface area contributed by atoms with E-state index in [1.54, 1.807) is 12.1 Å². The van der Waals surface area contributed by atoms with Gasteiger partial charge >= 0.3 is 6.09 Å². The summed E-state index contributed by atoms with van der Waals surface area (Å²) in [5.74, 6) is -1.42. The number of carbonyl (C=O) groups is 4. The largest absolute Gasteiger partial charge is 0.444 e. The van der Waals surface area contributed by atoms with Gasteiger partial charge in [-0.1, -0.05) is 6.07 Å². The highest BCUT2D eigenvalue weighted by Gasteiger charge is 2.30. The lowest BCUT2D eigenvalue weighted by molar-refractivity contribution is -0.134. The lowest BCUT2D eigenvalue weighted by atomic mass is 9.90. The van der Waals surface area contributed by atoms with Crippen LogP contribution in [-0.2, 0) is 19.1 Å². The summed E-state index contributed by atoms with van der Waals surface area (Å²) < 4.78 is 20.3. The maximum Gasteiger partial charge on any atom is 0.407 e. The summed E-state index contributed by atoms with van der Waals surface area (Å²) in [6.45, 7) is 10.1. The number of benzene rings is 1. The molecule has 2 N–H and O–H groups in total. The molecule has 3 aliphatic heterocycles. The molecule has 3 fully saturated rings. The maximum absolute atomic E-state index is 15.0. The number of hydrogen-bond acceptors (Lipinski definition) is 7. The van der Waals surface area contributed by atoms with Gasteiger partial charge in [-0.3, -0.25) is 24.6 Å². The summed E-state index contributed by atoms with van der Waals surface area (Å²) in [5.41, 5.74) is 0.551. The molecule has 3 aliphatic rings. The second-order valence-corrected chi connectivity index (χ2v) is 11.6. The Morgan fingerprint density at radius 3 is 2.36 bits per heavy atom. The Balaban J connectivity index is 1.17. The monoisotopic (exact) mass is 545 g/mol. The Hall–Kier alpha value is -3.21. The fourth-order valence-corrected chi connectivity index (χ4v) is 5.38. The first-order chi connectivity index (χ1) is 18.5. The number of piperidine rings is 2. The molecule has 1 aromatic rings. The first-order valence-corrected chi connectivity index (χ1v) is 13.9. The number of anilines is 1. The number of piperazine rings is 1. The topological polar surface area (TPSA) is 111 Å². The third-order valence-electron chi connectivity index (χ3n) is 7.54. The molecule has 11 heteroatoms.